The molecule has 1 N–H and O–H groups in total. The molecule has 2 spiro atoms. The summed E-state index contributed by atoms with van der Waals surface area (Å²) in [4.78, 5) is 27.6. The number of morpholine rings is 1. The molecule has 5 rings (SSSR count). The molecular formula is C19H24F3N5O3. The number of hydrogen-bond donors (Lipinski definition) is 1. The van der Waals surface area contributed by atoms with Gasteiger partial charge in [-0.1, -0.05) is 0 Å². The summed E-state index contributed by atoms with van der Waals surface area (Å²) in [5, 5.41) is 6.69. The van der Waals surface area contributed by atoms with Gasteiger partial charge in [0.25, 0.3) is 0 Å². The highest BCUT2D eigenvalue weighted by Crippen LogP contribution is 2.53. The number of urea groups is 1. The van der Waals surface area contributed by atoms with Crippen molar-refractivity contribution < 1.29 is 27.5 Å². The Labute approximate surface area is 171 Å². The van der Waals surface area contributed by atoms with Gasteiger partial charge in [0.2, 0.25) is 5.91 Å². The van der Waals surface area contributed by atoms with E-state index in [1.165, 1.54) is 4.68 Å². The van der Waals surface area contributed by atoms with Crippen LogP contribution >= 0.6 is 0 Å². The fourth-order valence-electron chi connectivity index (χ4n) is 5.58. The van der Waals surface area contributed by atoms with Gasteiger partial charge in [0, 0.05) is 38.6 Å². The first-order chi connectivity index (χ1) is 14.1. The van der Waals surface area contributed by atoms with E-state index in [-0.39, 0.29) is 35.6 Å². The molecule has 11 heteroatoms. The zero-order chi connectivity index (χ0) is 21.3. The van der Waals surface area contributed by atoms with Crippen molar-refractivity contribution in [2.75, 3.05) is 39.4 Å². The third-order valence-electron chi connectivity index (χ3n) is 6.89. The predicted octanol–water partition coefficient (Wildman–Crippen LogP) is 1.01. The van der Waals surface area contributed by atoms with Crippen molar-refractivity contribution >= 4 is 11.9 Å². The smallest absolute Gasteiger partial charge is 0.369 e. The topological polar surface area (TPSA) is 79.7 Å². The van der Waals surface area contributed by atoms with Crippen LogP contribution < -0.4 is 5.32 Å². The van der Waals surface area contributed by atoms with Crippen LogP contribution in [0.15, 0.2) is 6.20 Å². The summed E-state index contributed by atoms with van der Waals surface area (Å²) >= 11 is 0. The molecule has 30 heavy (non-hydrogen) atoms. The van der Waals surface area contributed by atoms with Crippen molar-refractivity contribution in [3.8, 4) is 0 Å². The lowest BCUT2D eigenvalue weighted by atomic mass is 9.56. The molecule has 0 bridgehead atoms. The monoisotopic (exact) mass is 427 g/mol. The van der Waals surface area contributed by atoms with Crippen LogP contribution in [0, 0.1) is 11.3 Å². The zero-order valence-corrected chi connectivity index (χ0v) is 16.7. The Morgan fingerprint density at radius 2 is 1.93 bits per heavy atom. The van der Waals surface area contributed by atoms with E-state index in [4.69, 9.17) is 4.74 Å². The summed E-state index contributed by atoms with van der Waals surface area (Å²) in [6, 6.07) is -0.0412. The molecule has 4 aliphatic rings. The Morgan fingerprint density at radius 3 is 2.57 bits per heavy atom. The Kier molecular flexibility index (Phi) is 4.16. The number of aromatic nitrogens is 2. The van der Waals surface area contributed by atoms with Crippen molar-refractivity contribution in [3.63, 3.8) is 0 Å². The van der Waals surface area contributed by atoms with Gasteiger partial charge in [0.15, 0.2) is 0 Å². The highest BCUT2D eigenvalue weighted by atomic mass is 19.4. The van der Waals surface area contributed by atoms with Crippen LogP contribution in [0.3, 0.4) is 0 Å². The molecule has 1 aromatic heterocycles. The Balaban J connectivity index is 1.10. The van der Waals surface area contributed by atoms with Gasteiger partial charge in [0.1, 0.15) is 6.61 Å². The molecule has 4 heterocycles. The summed E-state index contributed by atoms with van der Waals surface area (Å²) in [6.07, 6.45) is -1.48. The average molecular weight is 427 g/mol. The Bertz CT molecular complexity index is 878. The van der Waals surface area contributed by atoms with Crippen LogP contribution in [0.1, 0.15) is 24.1 Å². The summed E-state index contributed by atoms with van der Waals surface area (Å²) in [7, 11) is 1.54. The van der Waals surface area contributed by atoms with Gasteiger partial charge in [-0.2, -0.15) is 18.3 Å². The van der Waals surface area contributed by atoms with Gasteiger partial charge in [-0.15, -0.1) is 0 Å². The number of halogens is 3. The van der Waals surface area contributed by atoms with E-state index in [1.807, 2.05) is 0 Å². The number of amides is 3. The minimum Gasteiger partial charge on any atom is -0.369 e. The average Bonchev–Trinajstić information content (AvgIpc) is 2.93. The number of nitrogens with zero attached hydrogens (tertiary/aromatic N) is 4. The van der Waals surface area contributed by atoms with E-state index >= 15 is 0 Å². The van der Waals surface area contributed by atoms with Gasteiger partial charge in [0.05, 0.1) is 29.6 Å². The standard InChI is InChI=1S/C19H24F3N5O3/c1-25-14(13(5-23-25)19(20,21)22)2-12-3-17(4-12)7-26(8-17)16(29)27-9-18(10-27)11-30-6-15(28)24-18/h5,12H,2-4,6-11H2,1H3,(H,24,28). The van der Waals surface area contributed by atoms with E-state index < -0.39 is 17.3 Å². The second kappa shape index (κ2) is 6.35. The van der Waals surface area contributed by atoms with E-state index in [9.17, 15) is 22.8 Å². The first-order valence-electron chi connectivity index (χ1n) is 10.1. The van der Waals surface area contributed by atoms with Gasteiger partial charge >= 0.3 is 12.2 Å². The lowest BCUT2D eigenvalue weighted by molar-refractivity contribution is -0.142. The van der Waals surface area contributed by atoms with Gasteiger partial charge in [-0.25, -0.2) is 4.79 Å². The third kappa shape index (κ3) is 3.14. The maximum absolute atomic E-state index is 13.1. The second-order valence-electron chi connectivity index (χ2n) is 9.42. The SMILES string of the molecule is Cn1ncc(C(F)(F)F)c1CC1CC2(C1)CN(C(=O)N1CC3(COCC(=O)N3)C1)C2. The quantitative estimate of drug-likeness (QED) is 0.764. The molecule has 3 saturated heterocycles. The van der Waals surface area contributed by atoms with E-state index in [0.29, 0.717) is 39.2 Å². The first kappa shape index (κ1) is 19.7. The molecule has 8 nitrogen and oxygen atoms in total. The van der Waals surface area contributed by atoms with Crippen LogP contribution in [-0.4, -0.2) is 76.5 Å². The van der Waals surface area contributed by atoms with Crippen molar-refractivity contribution in [2.24, 2.45) is 18.4 Å². The number of carbonyl (C=O) groups is 2. The molecule has 0 atom stereocenters. The van der Waals surface area contributed by atoms with Crippen LogP contribution in [0.2, 0.25) is 0 Å². The lowest BCUT2D eigenvalue weighted by Crippen LogP contribution is -2.78. The largest absolute Gasteiger partial charge is 0.419 e. The maximum Gasteiger partial charge on any atom is 0.419 e. The van der Waals surface area contributed by atoms with Gasteiger partial charge in [-0.3, -0.25) is 9.48 Å². The molecule has 3 aliphatic heterocycles. The minimum atomic E-state index is -4.39. The second-order valence-corrected chi connectivity index (χ2v) is 9.42. The van der Waals surface area contributed by atoms with Crippen molar-refractivity contribution in [1.29, 1.82) is 0 Å². The molecule has 1 saturated carbocycles. The van der Waals surface area contributed by atoms with Crippen LogP contribution in [0.4, 0.5) is 18.0 Å². The fraction of sp³-hybridized carbons (Fsp3) is 0.737. The van der Waals surface area contributed by atoms with Gasteiger partial charge in [-0.05, 0) is 25.2 Å². The molecule has 0 unspecified atom stereocenters. The molecular weight excluding hydrogens is 403 g/mol. The van der Waals surface area contributed by atoms with Crippen LogP contribution in [-0.2, 0) is 29.2 Å². The van der Waals surface area contributed by atoms with E-state index in [1.54, 1.807) is 16.8 Å². The number of alkyl halides is 3. The summed E-state index contributed by atoms with van der Waals surface area (Å²) in [5.74, 6) is 0.0273. The number of nitrogens with one attached hydrogen (secondary N) is 1. The summed E-state index contributed by atoms with van der Waals surface area (Å²) in [6.45, 7) is 2.67. The van der Waals surface area contributed by atoms with E-state index in [2.05, 4.69) is 10.4 Å². The highest BCUT2D eigenvalue weighted by Gasteiger charge is 2.56. The third-order valence-corrected chi connectivity index (χ3v) is 6.89. The number of aryl methyl sites for hydroxylation is 1. The van der Waals surface area contributed by atoms with Gasteiger partial charge < -0.3 is 19.9 Å². The van der Waals surface area contributed by atoms with Crippen molar-refractivity contribution in [1.82, 2.24) is 24.9 Å². The number of carbonyl (C=O) groups excluding carboxylic acids is 2. The Morgan fingerprint density at radius 1 is 1.27 bits per heavy atom. The predicted molar refractivity (Wildman–Crippen MR) is 97.3 cm³/mol. The summed E-state index contributed by atoms with van der Waals surface area (Å²) in [5.41, 5.74) is -0.824. The number of hydrogen-bond acceptors (Lipinski definition) is 4. The lowest BCUT2D eigenvalue weighted by Gasteiger charge is -2.61. The molecule has 0 aromatic carbocycles. The molecule has 1 aromatic rings. The molecule has 4 fully saturated rings. The van der Waals surface area contributed by atoms with Crippen LogP contribution in [0.25, 0.3) is 0 Å². The zero-order valence-electron chi connectivity index (χ0n) is 16.7. The number of rotatable bonds is 2. The number of ether oxygens (including phenoxy) is 1. The summed E-state index contributed by atoms with van der Waals surface area (Å²) < 4.78 is 46.0. The highest BCUT2D eigenvalue weighted by molar-refractivity contribution is 5.81. The molecule has 1 aliphatic carbocycles. The first-order valence-corrected chi connectivity index (χ1v) is 10.1. The molecule has 164 valence electrons. The normalized spacial score (nSPS) is 25.0. The minimum absolute atomic E-state index is 0.0412. The van der Waals surface area contributed by atoms with Crippen molar-refractivity contribution in [2.45, 2.75) is 31.0 Å². The Hall–Kier alpha value is -2.30. The molecule has 0 radical (unpaired) electrons. The maximum atomic E-state index is 13.1. The molecule has 3 amide bonds. The number of likely N-dealkylation sites (tertiary alicyclic amines) is 2. The van der Waals surface area contributed by atoms with Crippen molar-refractivity contribution in [3.05, 3.63) is 17.5 Å². The fourth-order valence-corrected chi connectivity index (χ4v) is 5.58. The van der Waals surface area contributed by atoms with E-state index in [0.717, 1.165) is 19.0 Å². The van der Waals surface area contributed by atoms with Crippen LogP contribution in [0.5, 0.6) is 0 Å².